The molecule has 1 saturated heterocycles. The van der Waals surface area contributed by atoms with Crippen LogP contribution < -0.4 is 4.90 Å². The molecule has 0 saturated carbocycles. The maximum atomic E-state index is 13.0. The van der Waals surface area contributed by atoms with Gasteiger partial charge >= 0.3 is 12.1 Å². The summed E-state index contributed by atoms with van der Waals surface area (Å²) >= 11 is 0. The topological polar surface area (TPSA) is 85.4 Å². The molecule has 1 aliphatic rings. The van der Waals surface area contributed by atoms with Crippen molar-refractivity contribution in [1.29, 1.82) is 0 Å². The molecule has 7 nitrogen and oxygen atoms in total. The van der Waals surface area contributed by atoms with Gasteiger partial charge in [0.25, 0.3) is 0 Å². The van der Waals surface area contributed by atoms with Crippen molar-refractivity contribution in [2.45, 2.75) is 12.6 Å². The van der Waals surface area contributed by atoms with Crippen LogP contribution in [0, 0.1) is 0 Å². The van der Waals surface area contributed by atoms with E-state index in [0.717, 1.165) is 60.8 Å². The van der Waals surface area contributed by atoms with E-state index in [2.05, 4.69) is 24.8 Å². The third-order valence-electron chi connectivity index (χ3n) is 6.39. The summed E-state index contributed by atoms with van der Waals surface area (Å²) in [6.45, 7) is 3.76. The van der Waals surface area contributed by atoms with Crippen LogP contribution >= 0.6 is 0 Å². The number of imidazole rings is 1. The Hall–Kier alpha value is -3.92. The van der Waals surface area contributed by atoms with Crippen LogP contribution in [0.1, 0.15) is 12.0 Å². The molecule has 2 N–H and O–H groups in total. The van der Waals surface area contributed by atoms with Crippen LogP contribution in [0.3, 0.4) is 0 Å². The summed E-state index contributed by atoms with van der Waals surface area (Å²) in [4.78, 5) is 27.1. The first-order valence-electron chi connectivity index (χ1n) is 11.6. The molecule has 0 amide bonds. The number of H-pyrrole nitrogens is 1. The summed E-state index contributed by atoms with van der Waals surface area (Å²) in [5.74, 6) is 0.612. The number of hydrogen-bond donors (Lipinski definition) is 2. The van der Waals surface area contributed by atoms with Crippen molar-refractivity contribution >= 4 is 22.8 Å². The lowest BCUT2D eigenvalue weighted by Crippen LogP contribution is -2.47. The predicted octanol–water partition coefficient (Wildman–Crippen LogP) is 4.91. The minimum atomic E-state index is -4.40. The number of benzene rings is 2. The van der Waals surface area contributed by atoms with E-state index in [1.807, 2.05) is 42.6 Å². The normalized spacial score (nSPS) is 14.9. The van der Waals surface area contributed by atoms with Gasteiger partial charge in [0.15, 0.2) is 0 Å². The Balaban J connectivity index is 1.25. The summed E-state index contributed by atoms with van der Waals surface area (Å²) in [6, 6.07) is 15.1. The first kappa shape index (κ1) is 23.8. The molecule has 5 rings (SSSR count). The van der Waals surface area contributed by atoms with Crippen molar-refractivity contribution in [2.75, 3.05) is 37.6 Å². The number of nitrogens with zero attached hydrogens (tertiary/aromatic N) is 4. The van der Waals surface area contributed by atoms with Crippen molar-refractivity contribution in [2.24, 2.45) is 0 Å². The number of carboxylic acid groups (broad SMARTS) is 1. The molecular formula is C26H24F3N5O2. The number of carbonyl (C=O) groups is 1. The smallest absolute Gasteiger partial charge is 0.416 e. The van der Waals surface area contributed by atoms with E-state index in [1.165, 1.54) is 6.07 Å². The summed E-state index contributed by atoms with van der Waals surface area (Å²) in [5, 5.41) is 8.84. The molecule has 0 radical (unpaired) electrons. The average Bonchev–Trinajstić information content (AvgIpc) is 3.31. The summed E-state index contributed by atoms with van der Waals surface area (Å²) < 4.78 is 39.0. The largest absolute Gasteiger partial charge is 0.481 e. The first-order chi connectivity index (χ1) is 17.3. The Kier molecular flexibility index (Phi) is 6.36. The number of halogens is 3. The second-order valence-electron chi connectivity index (χ2n) is 8.77. The third-order valence-corrected chi connectivity index (χ3v) is 6.39. The molecule has 0 spiro atoms. The molecule has 1 aliphatic heterocycles. The molecule has 0 atom stereocenters. The minimum Gasteiger partial charge on any atom is -0.481 e. The maximum absolute atomic E-state index is 13.0. The fourth-order valence-corrected chi connectivity index (χ4v) is 4.34. The molecule has 2 aromatic carbocycles. The number of hydrogen-bond acceptors (Lipinski definition) is 5. The Morgan fingerprint density at radius 2 is 1.64 bits per heavy atom. The maximum Gasteiger partial charge on any atom is 0.416 e. The number of aliphatic carboxylic acids is 1. The first-order valence-corrected chi connectivity index (χ1v) is 11.6. The van der Waals surface area contributed by atoms with Gasteiger partial charge in [0.1, 0.15) is 11.6 Å². The number of anilines is 1. The van der Waals surface area contributed by atoms with Gasteiger partial charge in [-0.2, -0.15) is 13.2 Å². The number of aromatic amines is 1. The lowest BCUT2D eigenvalue weighted by Gasteiger charge is -2.35. The quantitative estimate of drug-likeness (QED) is 0.396. The van der Waals surface area contributed by atoms with Gasteiger partial charge in [-0.1, -0.05) is 24.3 Å². The number of pyridine rings is 1. The molecule has 0 aliphatic carbocycles. The highest BCUT2D eigenvalue weighted by atomic mass is 19.4. The van der Waals surface area contributed by atoms with Gasteiger partial charge in [0, 0.05) is 50.0 Å². The lowest BCUT2D eigenvalue weighted by atomic mass is 10.1. The van der Waals surface area contributed by atoms with Gasteiger partial charge in [-0.25, -0.2) is 9.97 Å². The molecular weight excluding hydrogens is 471 g/mol. The zero-order chi connectivity index (χ0) is 25.3. The number of nitrogens with one attached hydrogen (secondary N) is 1. The van der Waals surface area contributed by atoms with E-state index in [1.54, 1.807) is 0 Å². The molecule has 186 valence electrons. The van der Waals surface area contributed by atoms with E-state index in [0.29, 0.717) is 23.4 Å². The number of fused-ring (bicyclic) bond motifs is 1. The van der Waals surface area contributed by atoms with Gasteiger partial charge < -0.3 is 15.0 Å². The number of piperazine rings is 1. The average molecular weight is 496 g/mol. The zero-order valence-electron chi connectivity index (χ0n) is 19.3. The van der Waals surface area contributed by atoms with Gasteiger partial charge in [-0.05, 0) is 35.9 Å². The van der Waals surface area contributed by atoms with E-state index in [9.17, 15) is 18.0 Å². The lowest BCUT2D eigenvalue weighted by molar-refractivity contribution is -0.138. The fourth-order valence-electron chi connectivity index (χ4n) is 4.34. The van der Waals surface area contributed by atoms with Crippen LogP contribution in [0.15, 0.2) is 60.8 Å². The monoisotopic (exact) mass is 495 g/mol. The number of alkyl halides is 3. The number of aromatic nitrogens is 3. The van der Waals surface area contributed by atoms with Crippen LogP contribution in [0.5, 0.6) is 0 Å². The van der Waals surface area contributed by atoms with Crippen molar-refractivity contribution in [3.05, 3.63) is 66.4 Å². The molecule has 0 unspecified atom stereocenters. The molecule has 2 aromatic heterocycles. The standard InChI is InChI=1S/C26H24F3N5O2/c27-26(28,29)20-6-7-21-22(15-20)32-25(31-21)18-3-1-17(2-4-18)19-5-8-23(30-16-19)34-13-11-33(12-14-34)10-9-24(35)36/h1-8,15-16H,9-14H2,(H,31,32)(H,35,36). The SMILES string of the molecule is O=C(O)CCN1CCN(c2ccc(-c3ccc(-c4nc5ccc(C(F)(F)F)cc5[nH]4)cc3)cn2)CC1. The molecule has 36 heavy (non-hydrogen) atoms. The Labute approximate surface area is 205 Å². The van der Waals surface area contributed by atoms with E-state index in [-0.39, 0.29) is 6.42 Å². The molecule has 10 heteroatoms. The van der Waals surface area contributed by atoms with Gasteiger partial charge in [0.2, 0.25) is 0 Å². The summed E-state index contributed by atoms with van der Waals surface area (Å²) in [6.07, 6.45) is -2.43. The van der Waals surface area contributed by atoms with E-state index >= 15 is 0 Å². The molecule has 0 bridgehead atoms. The number of rotatable bonds is 6. The van der Waals surface area contributed by atoms with Crippen molar-refractivity contribution in [1.82, 2.24) is 19.9 Å². The van der Waals surface area contributed by atoms with Crippen LogP contribution in [0.2, 0.25) is 0 Å². The fraction of sp³-hybridized carbons (Fsp3) is 0.269. The van der Waals surface area contributed by atoms with Crippen LogP contribution in [-0.4, -0.2) is 63.7 Å². The molecule has 4 aromatic rings. The molecule has 1 fully saturated rings. The minimum absolute atomic E-state index is 0.154. The summed E-state index contributed by atoms with van der Waals surface area (Å²) in [5.41, 5.74) is 2.79. The van der Waals surface area contributed by atoms with Gasteiger partial charge in [0.05, 0.1) is 23.0 Å². The van der Waals surface area contributed by atoms with Crippen LogP contribution in [0.4, 0.5) is 19.0 Å². The van der Waals surface area contributed by atoms with Crippen molar-refractivity contribution in [3.8, 4) is 22.5 Å². The van der Waals surface area contributed by atoms with Gasteiger partial charge in [-0.3, -0.25) is 9.69 Å². The Bertz CT molecular complexity index is 1360. The highest BCUT2D eigenvalue weighted by molar-refractivity contribution is 5.80. The number of carboxylic acids is 1. The van der Waals surface area contributed by atoms with Crippen LogP contribution in [-0.2, 0) is 11.0 Å². The third kappa shape index (κ3) is 5.18. The Morgan fingerprint density at radius 1 is 0.944 bits per heavy atom. The summed E-state index contributed by atoms with van der Waals surface area (Å²) in [7, 11) is 0. The van der Waals surface area contributed by atoms with E-state index < -0.39 is 17.7 Å². The van der Waals surface area contributed by atoms with Crippen LogP contribution in [0.25, 0.3) is 33.5 Å². The van der Waals surface area contributed by atoms with Crippen molar-refractivity contribution in [3.63, 3.8) is 0 Å². The highest BCUT2D eigenvalue weighted by Gasteiger charge is 2.30. The van der Waals surface area contributed by atoms with E-state index in [4.69, 9.17) is 5.11 Å². The van der Waals surface area contributed by atoms with Crippen molar-refractivity contribution < 1.29 is 23.1 Å². The van der Waals surface area contributed by atoms with Gasteiger partial charge in [-0.15, -0.1) is 0 Å². The second-order valence-corrected chi connectivity index (χ2v) is 8.77. The predicted molar refractivity (Wildman–Crippen MR) is 131 cm³/mol. The Morgan fingerprint density at radius 3 is 2.28 bits per heavy atom. The molecule has 3 heterocycles. The zero-order valence-corrected chi connectivity index (χ0v) is 19.3. The second kappa shape index (κ2) is 9.62. The highest BCUT2D eigenvalue weighted by Crippen LogP contribution is 2.32.